The lowest BCUT2D eigenvalue weighted by atomic mass is 9.94. The number of rotatable bonds is 3. The average molecular weight is 319 g/mol. The summed E-state index contributed by atoms with van der Waals surface area (Å²) in [6.07, 6.45) is 1.79. The van der Waals surface area contributed by atoms with E-state index < -0.39 is 0 Å². The molecule has 6 heteroatoms. The Kier molecular flexibility index (Phi) is 4.06. The Bertz CT molecular complexity index is 643. The number of thiophene rings is 1. The molecule has 3 heterocycles. The monoisotopic (exact) mass is 319 g/mol. The number of hydrogen-bond donors (Lipinski definition) is 1. The van der Waals surface area contributed by atoms with Crippen LogP contribution in [-0.4, -0.2) is 28.9 Å². The lowest BCUT2D eigenvalue weighted by Gasteiger charge is -2.33. The van der Waals surface area contributed by atoms with Crippen molar-refractivity contribution in [2.75, 3.05) is 13.1 Å². The summed E-state index contributed by atoms with van der Waals surface area (Å²) in [7, 11) is 0. The third-order valence-electron chi connectivity index (χ3n) is 3.76. The maximum Gasteiger partial charge on any atom is 0.242 e. The first-order valence-corrected chi connectivity index (χ1v) is 8.33. The minimum absolute atomic E-state index is 0.0521. The Hall–Kier alpha value is -1.66. The molecule has 1 N–H and O–H groups in total. The first kappa shape index (κ1) is 15.2. The van der Waals surface area contributed by atoms with Gasteiger partial charge in [-0.25, -0.2) is 4.98 Å². The van der Waals surface area contributed by atoms with Crippen molar-refractivity contribution < 1.29 is 9.21 Å². The molecule has 0 bridgehead atoms. The predicted octanol–water partition coefficient (Wildman–Crippen LogP) is 2.71. The van der Waals surface area contributed by atoms with Gasteiger partial charge in [-0.05, 0) is 11.4 Å². The molecule has 1 aliphatic heterocycles. The number of nitrogens with zero attached hydrogens (tertiary/aromatic N) is 2. The largest absolute Gasteiger partial charge is 0.444 e. The fourth-order valence-electron chi connectivity index (χ4n) is 2.54. The highest BCUT2D eigenvalue weighted by Crippen LogP contribution is 2.29. The van der Waals surface area contributed by atoms with Crippen molar-refractivity contribution in [1.82, 2.24) is 15.2 Å². The van der Waals surface area contributed by atoms with Crippen LogP contribution in [0.4, 0.5) is 0 Å². The highest BCUT2D eigenvalue weighted by Gasteiger charge is 2.33. The summed E-state index contributed by atoms with van der Waals surface area (Å²) in [6, 6.07) is 3.73. The Morgan fingerprint density at radius 1 is 1.50 bits per heavy atom. The summed E-state index contributed by atoms with van der Waals surface area (Å²) in [4.78, 5) is 19.8. The molecular weight excluding hydrogens is 298 g/mol. The summed E-state index contributed by atoms with van der Waals surface area (Å²) in [5, 5.41) is 4.94. The molecule has 0 spiro atoms. The van der Waals surface area contributed by atoms with E-state index in [2.05, 4.69) is 36.0 Å². The molecule has 3 rings (SSSR count). The average Bonchev–Trinajstić information content (AvgIpc) is 3.09. The molecule has 1 saturated heterocycles. The van der Waals surface area contributed by atoms with Gasteiger partial charge in [-0.1, -0.05) is 26.8 Å². The number of nitrogens with one attached hydrogen (secondary N) is 1. The van der Waals surface area contributed by atoms with Gasteiger partial charge in [0.15, 0.2) is 0 Å². The Morgan fingerprint density at radius 2 is 2.32 bits per heavy atom. The molecule has 1 fully saturated rings. The summed E-state index contributed by atoms with van der Waals surface area (Å²) in [5.74, 6) is 1.59. The van der Waals surface area contributed by atoms with Crippen molar-refractivity contribution in [1.29, 1.82) is 0 Å². The molecule has 0 saturated carbocycles. The summed E-state index contributed by atoms with van der Waals surface area (Å²) in [6.45, 7) is 8.29. The topological polar surface area (TPSA) is 58.4 Å². The molecule has 0 radical (unpaired) electrons. The van der Waals surface area contributed by atoms with E-state index in [4.69, 9.17) is 4.42 Å². The smallest absolute Gasteiger partial charge is 0.242 e. The predicted molar refractivity (Wildman–Crippen MR) is 85.7 cm³/mol. The third kappa shape index (κ3) is 3.08. The fraction of sp³-hybridized carbons (Fsp3) is 0.500. The van der Waals surface area contributed by atoms with Gasteiger partial charge in [0.05, 0.1) is 12.7 Å². The van der Waals surface area contributed by atoms with Gasteiger partial charge in [-0.3, -0.25) is 9.69 Å². The van der Waals surface area contributed by atoms with Crippen molar-refractivity contribution in [3.8, 4) is 0 Å². The van der Waals surface area contributed by atoms with E-state index in [0.29, 0.717) is 19.0 Å². The van der Waals surface area contributed by atoms with Crippen LogP contribution in [0.25, 0.3) is 0 Å². The summed E-state index contributed by atoms with van der Waals surface area (Å²) >= 11 is 1.60. The molecule has 1 atom stereocenters. The number of carbonyl (C=O) groups is 1. The van der Waals surface area contributed by atoms with E-state index in [0.717, 1.165) is 17.2 Å². The zero-order chi connectivity index (χ0) is 15.7. The van der Waals surface area contributed by atoms with Gasteiger partial charge in [0.1, 0.15) is 11.8 Å². The summed E-state index contributed by atoms with van der Waals surface area (Å²) in [5.41, 5.74) is -0.0579. The molecule has 2 aromatic rings. The van der Waals surface area contributed by atoms with Crippen molar-refractivity contribution in [3.63, 3.8) is 0 Å². The molecule has 1 amide bonds. The molecule has 0 unspecified atom stereocenters. The van der Waals surface area contributed by atoms with Crippen molar-refractivity contribution in [2.45, 2.75) is 38.8 Å². The molecular formula is C16H21N3O2S. The molecule has 22 heavy (non-hydrogen) atoms. The van der Waals surface area contributed by atoms with Gasteiger partial charge >= 0.3 is 0 Å². The second-order valence-corrected chi connectivity index (χ2v) is 7.53. The van der Waals surface area contributed by atoms with E-state index in [-0.39, 0.29) is 17.4 Å². The first-order valence-electron chi connectivity index (χ1n) is 7.45. The van der Waals surface area contributed by atoms with E-state index in [1.54, 1.807) is 17.5 Å². The van der Waals surface area contributed by atoms with Gasteiger partial charge in [-0.2, -0.15) is 0 Å². The Labute approximate surface area is 134 Å². The van der Waals surface area contributed by atoms with Crippen LogP contribution in [-0.2, 0) is 16.8 Å². The molecule has 1 aliphatic rings. The number of piperazine rings is 1. The third-order valence-corrected chi connectivity index (χ3v) is 4.68. The van der Waals surface area contributed by atoms with Crippen molar-refractivity contribution >= 4 is 17.2 Å². The molecule has 2 aromatic heterocycles. The highest BCUT2D eigenvalue weighted by molar-refractivity contribution is 7.10. The van der Waals surface area contributed by atoms with Crippen LogP contribution in [0.5, 0.6) is 0 Å². The second kappa shape index (κ2) is 5.85. The number of aromatic nitrogens is 1. The standard InChI is InChI=1S/C16H21N3O2S/c1-16(2,3)12-9-18-13(21-12)10-19-7-6-17-15(20)14(19)11-5-4-8-22-11/h4-5,8-9,14H,6-7,10H2,1-3H3,(H,17,20)/t14-/m1/s1. The summed E-state index contributed by atoms with van der Waals surface area (Å²) < 4.78 is 5.87. The van der Waals surface area contributed by atoms with E-state index in [9.17, 15) is 4.79 Å². The normalized spacial score (nSPS) is 20.1. The van der Waals surface area contributed by atoms with Gasteiger partial charge in [0.25, 0.3) is 0 Å². The van der Waals surface area contributed by atoms with Crippen LogP contribution in [0.2, 0.25) is 0 Å². The number of amides is 1. The zero-order valence-electron chi connectivity index (χ0n) is 13.1. The van der Waals surface area contributed by atoms with Crippen LogP contribution >= 0.6 is 11.3 Å². The quantitative estimate of drug-likeness (QED) is 0.945. The SMILES string of the molecule is CC(C)(C)c1cnc(CN2CCNC(=O)[C@H]2c2cccs2)o1. The molecule has 0 aliphatic carbocycles. The highest BCUT2D eigenvalue weighted by atomic mass is 32.1. The van der Waals surface area contributed by atoms with Crippen LogP contribution < -0.4 is 5.32 Å². The Balaban J connectivity index is 1.80. The van der Waals surface area contributed by atoms with Gasteiger partial charge in [0.2, 0.25) is 11.8 Å². The van der Waals surface area contributed by atoms with E-state index >= 15 is 0 Å². The number of hydrogen-bond acceptors (Lipinski definition) is 5. The van der Waals surface area contributed by atoms with Gasteiger partial charge in [-0.15, -0.1) is 11.3 Å². The first-order chi connectivity index (χ1) is 10.4. The van der Waals surface area contributed by atoms with Crippen LogP contribution in [0.15, 0.2) is 28.1 Å². The van der Waals surface area contributed by atoms with Crippen LogP contribution in [0.1, 0.15) is 43.3 Å². The van der Waals surface area contributed by atoms with Crippen molar-refractivity contribution in [2.24, 2.45) is 0 Å². The number of oxazole rings is 1. The molecule has 0 aromatic carbocycles. The second-order valence-electron chi connectivity index (χ2n) is 6.55. The van der Waals surface area contributed by atoms with Gasteiger partial charge < -0.3 is 9.73 Å². The maximum absolute atomic E-state index is 12.3. The Morgan fingerprint density at radius 3 is 2.95 bits per heavy atom. The lowest BCUT2D eigenvalue weighted by Crippen LogP contribution is -2.49. The van der Waals surface area contributed by atoms with E-state index in [1.807, 2.05) is 17.5 Å². The molecule has 5 nitrogen and oxygen atoms in total. The fourth-order valence-corrected chi connectivity index (χ4v) is 3.40. The van der Waals surface area contributed by atoms with Crippen LogP contribution in [0.3, 0.4) is 0 Å². The minimum atomic E-state index is -0.251. The van der Waals surface area contributed by atoms with E-state index in [1.165, 1.54) is 0 Å². The van der Waals surface area contributed by atoms with Crippen LogP contribution in [0, 0.1) is 0 Å². The maximum atomic E-state index is 12.3. The minimum Gasteiger partial charge on any atom is -0.444 e. The van der Waals surface area contributed by atoms with Crippen molar-refractivity contribution in [3.05, 3.63) is 40.2 Å². The lowest BCUT2D eigenvalue weighted by molar-refractivity contribution is -0.129. The zero-order valence-corrected chi connectivity index (χ0v) is 13.9. The number of carbonyl (C=O) groups excluding carboxylic acids is 1. The van der Waals surface area contributed by atoms with Gasteiger partial charge in [0, 0.05) is 23.4 Å². The molecule has 118 valence electrons.